The van der Waals surface area contributed by atoms with Crippen LogP contribution >= 0.6 is 11.3 Å². The third kappa shape index (κ3) is 3.49. The smallest absolute Gasteiger partial charge is 0.250 e. The molecule has 1 N–H and O–H groups in total. The van der Waals surface area contributed by atoms with Gasteiger partial charge in [-0.2, -0.15) is 0 Å². The summed E-state index contributed by atoms with van der Waals surface area (Å²) >= 11 is 1.34. The average molecular weight is 346 g/mol. The lowest BCUT2D eigenvalue weighted by molar-refractivity contribution is -0.111. The van der Waals surface area contributed by atoms with E-state index in [0.29, 0.717) is 5.13 Å². The number of aromatic nitrogens is 3. The minimum absolute atomic E-state index is 0.218. The Hall–Kier alpha value is -3.25. The van der Waals surface area contributed by atoms with Gasteiger partial charge in [0, 0.05) is 11.6 Å². The maximum Gasteiger partial charge on any atom is 0.250 e. The summed E-state index contributed by atoms with van der Waals surface area (Å²) in [6.45, 7) is 0. The number of amides is 1. The molecule has 0 aliphatic heterocycles. The Balaban J connectivity index is 1.48. The molecule has 25 heavy (non-hydrogen) atoms. The summed E-state index contributed by atoms with van der Waals surface area (Å²) < 4.78 is 1.68. The van der Waals surface area contributed by atoms with Crippen molar-refractivity contribution in [3.63, 3.8) is 0 Å². The van der Waals surface area contributed by atoms with E-state index in [4.69, 9.17) is 0 Å². The number of nitrogens with one attached hydrogen (secondary N) is 1. The summed E-state index contributed by atoms with van der Waals surface area (Å²) in [5.41, 5.74) is 2.87. The Morgan fingerprint density at radius 2 is 1.76 bits per heavy atom. The van der Waals surface area contributed by atoms with Crippen molar-refractivity contribution >= 4 is 33.4 Å². The molecule has 2 aromatic heterocycles. The number of rotatable bonds is 4. The largest absolute Gasteiger partial charge is 0.297 e. The second-order valence-electron chi connectivity index (χ2n) is 5.36. The van der Waals surface area contributed by atoms with Crippen LogP contribution in [0.1, 0.15) is 5.56 Å². The van der Waals surface area contributed by atoms with Gasteiger partial charge in [0.2, 0.25) is 16.0 Å². The van der Waals surface area contributed by atoms with Crippen LogP contribution in [0.4, 0.5) is 5.13 Å². The highest BCUT2D eigenvalue weighted by molar-refractivity contribution is 7.20. The molecule has 2 aromatic carbocycles. The van der Waals surface area contributed by atoms with Gasteiger partial charge in [0.1, 0.15) is 0 Å². The maximum atomic E-state index is 12.0. The summed E-state index contributed by atoms with van der Waals surface area (Å²) in [5, 5.41) is 7.65. The van der Waals surface area contributed by atoms with E-state index >= 15 is 0 Å². The molecule has 0 aliphatic carbocycles. The van der Waals surface area contributed by atoms with Crippen molar-refractivity contribution in [2.45, 2.75) is 0 Å². The van der Waals surface area contributed by atoms with Crippen LogP contribution in [-0.2, 0) is 4.79 Å². The van der Waals surface area contributed by atoms with E-state index < -0.39 is 0 Å². The fraction of sp³-hybridized carbons (Fsp3) is 0. The first kappa shape index (κ1) is 15.3. The number of nitrogens with zero attached hydrogens (tertiary/aromatic N) is 3. The van der Waals surface area contributed by atoms with Crippen molar-refractivity contribution in [1.82, 2.24) is 14.6 Å². The first-order valence-electron chi connectivity index (χ1n) is 7.74. The number of anilines is 1. The van der Waals surface area contributed by atoms with Gasteiger partial charge in [0.25, 0.3) is 0 Å². The van der Waals surface area contributed by atoms with Gasteiger partial charge in [-0.15, -0.1) is 5.10 Å². The van der Waals surface area contributed by atoms with Crippen LogP contribution in [0.15, 0.2) is 72.9 Å². The Bertz CT molecular complexity index is 1000. The molecule has 0 fully saturated rings. The molecule has 122 valence electrons. The monoisotopic (exact) mass is 346 g/mol. The minimum atomic E-state index is -0.218. The SMILES string of the molecule is O=C(C=Cc1ccccc1)Nc1nn2cc(-c3ccccc3)nc2s1. The standard InChI is InChI=1S/C19H14N4OS/c24-17(12-11-14-7-3-1-4-8-14)21-18-22-23-13-16(20-19(23)25-18)15-9-5-2-6-10-15/h1-13H,(H,21,22,24). The Morgan fingerprint density at radius 1 is 1.04 bits per heavy atom. The number of fused-ring (bicyclic) bond motifs is 1. The zero-order chi connectivity index (χ0) is 17.1. The predicted octanol–water partition coefficient (Wildman–Crippen LogP) is 4.11. The van der Waals surface area contributed by atoms with Crippen molar-refractivity contribution in [3.8, 4) is 11.3 Å². The van der Waals surface area contributed by atoms with Gasteiger partial charge in [-0.05, 0) is 11.6 Å². The van der Waals surface area contributed by atoms with E-state index in [-0.39, 0.29) is 5.91 Å². The topological polar surface area (TPSA) is 59.3 Å². The van der Waals surface area contributed by atoms with Crippen molar-refractivity contribution in [1.29, 1.82) is 0 Å². The lowest BCUT2D eigenvalue weighted by Crippen LogP contribution is -2.07. The maximum absolute atomic E-state index is 12.0. The van der Waals surface area contributed by atoms with E-state index in [1.54, 1.807) is 10.6 Å². The van der Waals surface area contributed by atoms with E-state index in [9.17, 15) is 4.79 Å². The second-order valence-corrected chi connectivity index (χ2v) is 6.32. The van der Waals surface area contributed by atoms with E-state index in [2.05, 4.69) is 15.4 Å². The highest BCUT2D eigenvalue weighted by Gasteiger charge is 2.10. The van der Waals surface area contributed by atoms with Crippen molar-refractivity contribution < 1.29 is 4.79 Å². The lowest BCUT2D eigenvalue weighted by Gasteiger charge is -1.96. The molecule has 0 spiro atoms. The molecular weight excluding hydrogens is 332 g/mol. The molecule has 0 aliphatic rings. The zero-order valence-electron chi connectivity index (χ0n) is 13.2. The first-order valence-corrected chi connectivity index (χ1v) is 8.55. The van der Waals surface area contributed by atoms with E-state index in [1.807, 2.05) is 66.9 Å². The van der Waals surface area contributed by atoms with Gasteiger partial charge in [-0.25, -0.2) is 9.50 Å². The predicted molar refractivity (Wildman–Crippen MR) is 100 cm³/mol. The molecular formula is C19H14N4OS. The summed E-state index contributed by atoms with van der Waals surface area (Å²) in [6, 6.07) is 19.6. The minimum Gasteiger partial charge on any atom is -0.297 e. The molecule has 0 radical (unpaired) electrons. The molecule has 5 nitrogen and oxygen atoms in total. The van der Waals surface area contributed by atoms with Crippen LogP contribution in [0.3, 0.4) is 0 Å². The molecule has 4 rings (SSSR count). The number of hydrogen-bond donors (Lipinski definition) is 1. The lowest BCUT2D eigenvalue weighted by atomic mass is 10.2. The Labute approximate surface area is 148 Å². The Kier molecular flexibility index (Phi) is 4.10. The number of carbonyl (C=O) groups is 1. The number of imidazole rings is 1. The van der Waals surface area contributed by atoms with Crippen molar-refractivity contribution in [2.75, 3.05) is 5.32 Å². The fourth-order valence-electron chi connectivity index (χ4n) is 2.38. The van der Waals surface area contributed by atoms with Crippen LogP contribution in [0.25, 0.3) is 22.3 Å². The molecule has 0 atom stereocenters. The summed E-state index contributed by atoms with van der Waals surface area (Å²) in [6.07, 6.45) is 5.12. The number of benzene rings is 2. The first-order chi connectivity index (χ1) is 12.3. The second kappa shape index (κ2) is 6.70. The van der Waals surface area contributed by atoms with Crippen molar-refractivity contribution in [2.24, 2.45) is 0 Å². The van der Waals surface area contributed by atoms with Gasteiger partial charge >= 0.3 is 0 Å². The molecule has 4 aromatic rings. The summed E-state index contributed by atoms with van der Waals surface area (Å²) in [5.74, 6) is -0.218. The van der Waals surface area contributed by atoms with Crippen LogP contribution in [-0.4, -0.2) is 20.5 Å². The molecule has 0 saturated carbocycles. The van der Waals surface area contributed by atoms with Crippen LogP contribution in [0.2, 0.25) is 0 Å². The normalized spacial score (nSPS) is 11.2. The molecule has 0 bridgehead atoms. The number of carbonyl (C=O) groups excluding carboxylic acids is 1. The molecule has 0 saturated heterocycles. The third-order valence-electron chi connectivity index (χ3n) is 3.57. The molecule has 0 unspecified atom stereocenters. The van der Waals surface area contributed by atoms with Gasteiger partial charge in [0.05, 0.1) is 11.9 Å². The molecule has 6 heteroatoms. The van der Waals surface area contributed by atoms with Gasteiger partial charge in [-0.3, -0.25) is 10.1 Å². The van der Waals surface area contributed by atoms with Crippen molar-refractivity contribution in [3.05, 3.63) is 78.5 Å². The van der Waals surface area contributed by atoms with Crippen LogP contribution in [0.5, 0.6) is 0 Å². The summed E-state index contributed by atoms with van der Waals surface area (Å²) in [4.78, 5) is 17.3. The third-order valence-corrected chi connectivity index (χ3v) is 4.41. The van der Waals surface area contributed by atoms with E-state index in [1.165, 1.54) is 17.4 Å². The highest BCUT2D eigenvalue weighted by Crippen LogP contribution is 2.24. The van der Waals surface area contributed by atoms with Gasteiger partial charge < -0.3 is 0 Å². The quantitative estimate of drug-likeness (QED) is 0.566. The molecule has 2 heterocycles. The fourth-order valence-corrected chi connectivity index (χ4v) is 3.17. The molecule has 1 amide bonds. The van der Waals surface area contributed by atoms with Crippen LogP contribution in [0, 0.1) is 0 Å². The van der Waals surface area contributed by atoms with Crippen LogP contribution < -0.4 is 5.32 Å². The van der Waals surface area contributed by atoms with E-state index in [0.717, 1.165) is 21.8 Å². The van der Waals surface area contributed by atoms with Gasteiger partial charge in [-0.1, -0.05) is 72.0 Å². The highest BCUT2D eigenvalue weighted by atomic mass is 32.1. The zero-order valence-corrected chi connectivity index (χ0v) is 14.0. The average Bonchev–Trinajstić information content (AvgIpc) is 3.20. The number of hydrogen-bond acceptors (Lipinski definition) is 4. The van der Waals surface area contributed by atoms with Gasteiger partial charge in [0.15, 0.2) is 0 Å². The Morgan fingerprint density at radius 3 is 2.48 bits per heavy atom. The summed E-state index contributed by atoms with van der Waals surface area (Å²) in [7, 11) is 0.